The first-order valence-electron chi connectivity index (χ1n) is 6.53. The molecule has 2 heterocycles. The van der Waals surface area contributed by atoms with Crippen LogP contribution in [0.25, 0.3) is 0 Å². The fourth-order valence-corrected chi connectivity index (χ4v) is 2.08. The molecule has 2 rings (SSSR count). The summed E-state index contributed by atoms with van der Waals surface area (Å²) in [6.07, 6.45) is 5.30. The molecular formula is C13H24N4. The van der Waals surface area contributed by atoms with Crippen LogP contribution in [0.3, 0.4) is 0 Å². The largest absolute Gasteiger partial charge is 0.314 e. The van der Waals surface area contributed by atoms with Crippen LogP contribution in [-0.4, -0.2) is 47.4 Å². The summed E-state index contributed by atoms with van der Waals surface area (Å²) >= 11 is 0. The van der Waals surface area contributed by atoms with E-state index < -0.39 is 0 Å². The van der Waals surface area contributed by atoms with Crippen molar-refractivity contribution in [1.82, 2.24) is 20.0 Å². The Kier molecular flexibility index (Phi) is 3.84. The molecule has 0 atom stereocenters. The number of nitrogens with one attached hydrogen (secondary N) is 1. The summed E-state index contributed by atoms with van der Waals surface area (Å²) in [5.74, 6) is 0. The molecule has 1 N–H and O–H groups in total. The average Bonchev–Trinajstić information content (AvgIpc) is 2.76. The van der Waals surface area contributed by atoms with Gasteiger partial charge in [0.25, 0.3) is 0 Å². The van der Waals surface area contributed by atoms with Crippen molar-refractivity contribution in [2.45, 2.75) is 32.7 Å². The van der Waals surface area contributed by atoms with E-state index in [0.29, 0.717) is 0 Å². The zero-order valence-electron chi connectivity index (χ0n) is 11.2. The van der Waals surface area contributed by atoms with Gasteiger partial charge in [-0.2, -0.15) is 5.10 Å². The molecule has 1 aromatic rings. The first-order valence-corrected chi connectivity index (χ1v) is 6.53. The van der Waals surface area contributed by atoms with Crippen LogP contribution in [0.1, 0.15) is 26.3 Å². The highest BCUT2D eigenvalue weighted by Gasteiger charge is 2.14. The quantitative estimate of drug-likeness (QED) is 0.853. The lowest BCUT2D eigenvalue weighted by Crippen LogP contribution is -2.44. The van der Waals surface area contributed by atoms with Crippen molar-refractivity contribution in [2.75, 3.05) is 32.7 Å². The zero-order chi connectivity index (χ0) is 12.3. The lowest BCUT2D eigenvalue weighted by atomic mass is 10.1. The fraction of sp³-hybridized carbons (Fsp3) is 0.769. The van der Waals surface area contributed by atoms with E-state index in [4.69, 9.17) is 0 Å². The van der Waals surface area contributed by atoms with E-state index in [1.807, 2.05) is 6.20 Å². The monoisotopic (exact) mass is 236 g/mol. The molecule has 0 amide bonds. The molecule has 1 aromatic heterocycles. The summed E-state index contributed by atoms with van der Waals surface area (Å²) in [4.78, 5) is 2.52. The Morgan fingerprint density at radius 2 is 2.00 bits per heavy atom. The second kappa shape index (κ2) is 5.19. The summed E-state index contributed by atoms with van der Waals surface area (Å²) in [6.45, 7) is 12.3. The third kappa shape index (κ3) is 3.54. The Labute approximate surface area is 104 Å². The smallest absolute Gasteiger partial charge is 0.0543 e. The van der Waals surface area contributed by atoms with E-state index in [0.717, 1.165) is 26.1 Å². The van der Waals surface area contributed by atoms with Crippen molar-refractivity contribution >= 4 is 0 Å². The third-order valence-corrected chi connectivity index (χ3v) is 3.25. The van der Waals surface area contributed by atoms with E-state index in [-0.39, 0.29) is 5.54 Å². The molecule has 1 fully saturated rings. The molecule has 0 radical (unpaired) electrons. The molecule has 1 aliphatic rings. The minimum atomic E-state index is 0.0906. The minimum absolute atomic E-state index is 0.0906. The third-order valence-electron chi connectivity index (χ3n) is 3.25. The Bertz CT molecular complexity index is 345. The number of piperazine rings is 1. The summed E-state index contributed by atoms with van der Waals surface area (Å²) in [7, 11) is 0. The molecular weight excluding hydrogens is 212 g/mol. The van der Waals surface area contributed by atoms with Crippen LogP contribution in [0.2, 0.25) is 0 Å². The lowest BCUT2D eigenvalue weighted by molar-refractivity contribution is 0.244. The van der Waals surface area contributed by atoms with Crippen LogP contribution >= 0.6 is 0 Å². The Morgan fingerprint density at radius 1 is 1.29 bits per heavy atom. The first kappa shape index (κ1) is 12.6. The van der Waals surface area contributed by atoms with Crippen LogP contribution in [0.4, 0.5) is 0 Å². The van der Waals surface area contributed by atoms with Crippen LogP contribution in [0.15, 0.2) is 12.4 Å². The normalized spacial score (nSPS) is 18.5. The number of hydrogen-bond acceptors (Lipinski definition) is 3. The molecule has 0 unspecified atom stereocenters. The Hall–Kier alpha value is -0.870. The van der Waals surface area contributed by atoms with E-state index in [1.54, 1.807) is 0 Å². The van der Waals surface area contributed by atoms with Gasteiger partial charge in [0.1, 0.15) is 0 Å². The molecule has 4 nitrogen and oxygen atoms in total. The summed E-state index contributed by atoms with van der Waals surface area (Å²) in [5.41, 5.74) is 1.44. The van der Waals surface area contributed by atoms with Gasteiger partial charge in [0.15, 0.2) is 0 Å². The van der Waals surface area contributed by atoms with E-state index >= 15 is 0 Å². The number of nitrogens with zero attached hydrogens (tertiary/aromatic N) is 3. The lowest BCUT2D eigenvalue weighted by Gasteiger charge is -2.26. The van der Waals surface area contributed by atoms with Crippen LogP contribution < -0.4 is 5.32 Å². The molecule has 17 heavy (non-hydrogen) atoms. The van der Waals surface area contributed by atoms with E-state index in [9.17, 15) is 0 Å². The van der Waals surface area contributed by atoms with Gasteiger partial charge >= 0.3 is 0 Å². The predicted molar refractivity (Wildman–Crippen MR) is 70.2 cm³/mol. The minimum Gasteiger partial charge on any atom is -0.314 e. The summed E-state index contributed by atoms with van der Waals surface area (Å²) < 4.78 is 2.06. The maximum Gasteiger partial charge on any atom is 0.0543 e. The molecule has 0 aliphatic carbocycles. The van der Waals surface area contributed by atoms with Crippen molar-refractivity contribution < 1.29 is 0 Å². The van der Waals surface area contributed by atoms with Gasteiger partial charge < -0.3 is 10.2 Å². The van der Waals surface area contributed by atoms with Gasteiger partial charge in [-0.15, -0.1) is 0 Å². The highest BCUT2D eigenvalue weighted by molar-refractivity contribution is 5.06. The topological polar surface area (TPSA) is 33.1 Å². The van der Waals surface area contributed by atoms with Gasteiger partial charge in [0, 0.05) is 38.9 Å². The van der Waals surface area contributed by atoms with Gasteiger partial charge in [0.05, 0.1) is 11.7 Å². The summed E-state index contributed by atoms with van der Waals surface area (Å²) in [5, 5.41) is 7.82. The highest BCUT2D eigenvalue weighted by atomic mass is 15.3. The van der Waals surface area contributed by atoms with Crippen LogP contribution in [0.5, 0.6) is 0 Å². The van der Waals surface area contributed by atoms with Gasteiger partial charge in [-0.05, 0) is 32.8 Å². The van der Waals surface area contributed by atoms with Crippen LogP contribution in [-0.2, 0) is 12.0 Å². The second-order valence-electron chi connectivity index (χ2n) is 5.81. The van der Waals surface area contributed by atoms with Crippen molar-refractivity contribution in [3.63, 3.8) is 0 Å². The second-order valence-corrected chi connectivity index (χ2v) is 5.81. The maximum atomic E-state index is 4.44. The maximum absolute atomic E-state index is 4.44. The van der Waals surface area contributed by atoms with E-state index in [2.05, 4.69) is 47.0 Å². The molecule has 0 aromatic carbocycles. The van der Waals surface area contributed by atoms with Crippen molar-refractivity contribution in [2.24, 2.45) is 0 Å². The van der Waals surface area contributed by atoms with E-state index in [1.165, 1.54) is 18.7 Å². The predicted octanol–water partition coefficient (Wildman–Crippen LogP) is 1.09. The molecule has 0 bridgehead atoms. The number of rotatable bonds is 3. The van der Waals surface area contributed by atoms with Gasteiger partial charge in [-0.1, -0.05) is 0 Å². The zero-order valence-corrected chi connectivity index (χ0v) is 11.2. The van der Waals surface area contributed by atoms with Crippen molar-refractivity contribution in [3.05, 3.63) is 18.0 Å². The molecule has 0 spiro atoms. The Morgan fingerprint density at radius 3 is 2.59 bits per heavy atom. The van der Waals surface area contributed by atoms with Crippen molar-refractivity contribution in [1.29, 1.82) is 0 Å². The first-order chi connectivity index (χ1) is 8.05. The number of hydrogen-bond donors (Lipinski definition) is 1. The fourth-order valence-electron chi connectivity index (χ4n) is 2.08. The Balaban J connectivity index is 1.84. The molecule has 96 valence electrons. The van der Waals surface area contributed by atoms with Crippen molar-refractivity contribution in [3.8, 4) is 0 Å². The summed E-state index contributed by atoms with van der Waals surface area (Å²) in [6, 6.07) is 0. The SMILES string of the molecule is CC(C)(C)n1cc(CCN2CCNCC2)cn1. The van der Waals surface area contributed by atoms with Gasteiger partial charge in [-0.3, -0.25) is 4.68 Å². The molecule has 1 aliphatic heterocycles. The standard InChI is InChI=1S/C13H24N4/c1-13(2,3)17-11-12(10-15-17)4-7-16-8-5-14-6-9-16/h10-11,14H,4-9H2,1-3H3. The molecule has 0 saturated carbocycles. The highest BCUT2D eigenvalue weighted by Crippen LogP contribution is 2.13. The number of aromatic nitrogens is 2. The molecule has 1 saturated heterocycles. The molecule has 4 heteroatoms. The van der Waals surface area contributed by atoms with Gasteiger partial charge in [0.2, 0.25) is 0 Å². The average molecular weight is 236 g/mol. The van der Waals surface area contributed by atoms with Crippen LogP contribution in [0, 0.1) is 0 Å². The van der Waals surface area contributed by atoms with Gasteiger partial charge in [-0.25, -0.2) is 0 Å².